The number of nitrogens with zero attached hydrogens (tertiary/aromatic N) is 2. The largest absolute Gasteiger partial charge is 0.466 e. The van der Waals surface area contributed by atoms with Crippen LogP contribution < -0.4 is 0 Å². The predicted octanol–water partition coefficient (Wildman–Crippen LogP) is 1.33. The molecule has 0 atom stereocenters. The molecule has 0 N–H and O–H groups in total. The number of rotatable bonds is 5. The van der Waals surface area contributed by atoms with Crippen molar-refractivity contribution in [2.75, 3.05) is 12.9 Å². The third-order valence-corrected chi connectivity index (χ3v) is 2.27. The molecule has 1 aromatic heterocycles. The molecule has 0 fully saturated rings. The van der Waals surface area contributed by atoms with Crippen molar-refractivity contribution in [1.82, 2.24) is 9.97 Å². The maximum Gasteiger partial charge on any atom is 0.313 e. The smallest absolute Gasteiger partial charge is 0.313 e. The molecule has 5 nitrogen and oxygen atoms in total. The molecule has 86 valence electrons. The first-order valence-corrected chi connectivity index (χ1v) is 5.95. The molecule has 0 saturated carbocycles. The number of thioether (sulfide) groups is 1. The second kappa shape index (κ2) is 6.22. The second-order valence-corrected chi connectivity index (χ2v) is 3.61. The zero-order valence-electron chi connectivity index (χ0n) is 9.10. The van der Waals surface area contributed by atoms with E-state index in [4.69, 9.17) is 0 Å². The van der Waals surface area contributed by atoms with Crippen LogP contribution in [0.15, 0.2) is 17.4 Å². The molecule has 16 heavy (non-hydrogen) atoms. The van der Waals surface area contributed by atoms with E-state index >= 15 is 0 Å². The lowest BCUT2D eigenvalue weighted by Crippen LogP contribution is -2.12. The number of aromatic nitrogens is 2. The fourth-order valence-corrected chi connectivity index (χ4v) is 1.38. The second-order valence-electron chi connectivity index (χ2n) is 2.83. The van der Waals surface area contributed by atoms with Crippen LogP contribution in [0, 0.1) is 0 Å². The van der Waals surface area contributed by atoms with Crippen molar-refractivity contribution in [3.8, 4) is 0 Å². The van der Waals surface area contributed by atoms with Crippen LogP contribution in [0.5, 0.6) is 0 Å². The third-order valence-electron chi connectivity index (χ3n) is 1.71. The lowest BCUT2D eigenvalue weighted by molar-refractivity contribution is -0.141. The highest BCUT2D eigenvalue weighted by molar-refractivity contribution is 7.98. The third kappa shape index (κ3) is 3.62. The maximum atomic E-state index is 11.6. The summed E-state index contributed by atoms with van der Waals surface area (Å²) in [7, 11) is 0. The number of ether oxygens (including phenoxy) is 1. The number of hydrogen-bond donors (Lipinski definition) is 0. The molecular formula is C10H12N2O3S. The van der Waals surface area contributed by atoms with E-state index in [9.17, 15) is 9.59 Å². The molecular weight excluding hydrogens is 228 g/mol. The van der Waals surface area contributed by atoms with E-state index in [1.807, 2.05) is 6.26 Å². The Morgan fingerprint density at radius 3 is 2.88 bits per heavy atom. The first-order valence-electron chi connectivity index (χ1n) is 4.73. The molecule has 0 radical (unpaired) electrons. The first kappa shape index (κ1) is 12.6. The van der Waals surface area contributed by atoms with Crippen molar-refractivity contribution in [1.29, 1.82) is 0 Å². The zero-order chi connectivity index (χ0) is 12.0. The molecule has 1 aromatic rings. The Morgan fingerprint density at radius 1 is 1.50 bits per heavy atom. The van der Waals surface area contributed by atoms with Crippen LogP contribution >= 0.6 is 11.8 Å². The van der Waals surface area contributed by atoms with Gasteiger partial charge in [0.15, 0.2) is 10.9 Å². The van der Waals surface area contributed by atoms with Crippen molar-refractivity contribution < 1.29 is 14.3 Å². The lowest BCUT2D eigenvalue weighted by Gasteiger charge is -2.01. The lowest BCUT2D eigenvalue weighted by atomic mass is 10.2. The molecule has 0 aliphatic carbocycles. The number of Topliss-reactive ketones (excluding diaryl/α,β-unsaturated/α-hetero) is 1. The van der Waals surface area contributed by atoms with E-state index in [1.54, 1.807) is 6.92 Å². The van der Waals surface area contributed by atoms with Gasteiger partial charge in [-0.3, -0.25) is 9.59 Å². The first-order chi connectivity index (χ1) is 7.67. The molecule has 0 bridgehead atoms. The number of ketones is 1. The van der Waals surface area contributed by atoms with Gasteiger partial charge >= 0.3 is 5.97 Å². The summed E-state index contributed by atoms with van der Waals surface area (Å²) in [4.78, 5) is 30.6. The summed E-state index contributed by atoms with van der Waals surface area (Å²) in [6, 6.07) is 1.49. The van der Waals surface area contributed by atoms with Crippen LogP contribution in [0.2, 0.25) is 0 Å². The van der Waals surface area contributed by atoms with Gasteiger partial charge in [0.25, 0.3) is 0 Å². The quantitative estimate of drug-likeness (QED) is 0.254. The van der Waals surface area contributed by atoms with Gasteiger partial charge in [-0.15, -0.1) is 0 Å². The standard InChI is InChI=1S/C10H12N2O3S/c1-3-15-9(14)6-8(13)7-4-5-11-10(12-7)16-2/h4-5H,3,6H2,1-2H3. The molecule has 0 saturated heterocycles. The molecule has 0 spiro atoms. The van der Waals surface area contributed by atoms with Gasteiger partial charge in [-0.05, 0) is 19.2 Å². The van der Waals surface area contributed by atoms with Gasteiger partial charge < -0.3 is 4.74 Å². The topological polar surface area (TPSA) is 69.2 Å². The molecule has 0 aromatic carbocycles. The molecule has 0 aliphatic heterocycles. The van der Waals surface area contributed by atoms with Gasteiger partial charge in [0.05, 0.1) is 6.61 Å². The van der Waals surface area contributed by atoms with Crippen LogP contribution in [-0.2, 0) is 9.53 Å². The van der Waals surface area contributed by atoms with Crippen LogP contribution in [-0.4, -0.2) is 34.6 Å². The van der Waals surface area contributed by atoms with Crippen molar-refractivity contribution in [2.24, 2.45) is 0 Å². The molecule has 6 heteroatoms. The highest BCUT2D eigenvalue weighted by atomic mass is 32.2. The van der Waals surface area contributed by atoms with Gasteiger partial charge in [-0.2, -0.15) is 0 Å². The summed E-state index contributed by atoms with van der Waals surface area (Å²) in [5.74, 6) is -0.882. The maximum absolute atomic E-state index is 11.6. The summed E-state index contributed by atoms with van der Waals surface area (Å²) < 4.78 is 4.68. The van der Waals surface area contributed by atoms with Crippen molar-refractivity contribution >= 4 is 23.5 Å². The van der Waals surface area contributed by atoms with Gasteiger partial charge in [0.2, 0.25) is 0 Å². The Labute approximate surface area is 97.6 Å². The summed E-state index contributed by atoms with van der Waals surface area (Å²) >= 11 is 1.34. The Balaban J connectivity index is 2.69. The van der Waals surface area contributed by atoms with E-state index in [1.165, 1.54) is 24.0 Å². The molecule has 1 heterocycles. The average molecular weight is 240 g/mol. The van der Waals surface area contributed by atoms with E-state index in [0.29, 0.717) is 5.16 Å². The zero-order valence-corrected chi connectivity index (χ0v) is 9.91. The van der Waals surface area contributed by atoms with Gasteiger partial charge in [-0.1, -0.05) is 11.8 Å². The van der Waals surface area contributed by atoms with E-state index < -0.39 is 5.97 Å². The SMILES string of the molecule is CCOC(=O)CC(=O)c1ccnc(SC)n1. The molecule has 0 aliphatic rings. The Morgan fingerprint density at radius 2 is 2.25 bits per heavy atom. The highest BCUT2D eigenvalue weighted by Gasteiger charge is 2.14. The van der Waals surface area contributed by atoms with Gasteiger partial charge in [-0.25, -0.2) is 9.97 Å². The summed E-state index contributed by atoms with van der Waals surface area (Å²) in [5.41, 5.74) is 0.243. The summed E-state index contributed by atoms with van der Waals surface area (Å²) in [5, 5.41) is 0.509. The number of esters is 1. The number of carbonyl (C=O) groups is 2. The Bertz CT molecular complexity index is 395. The number of hydrogen-bond acceptors (Lipinski definition) is 6. The van der Waals surface area contributed by atoms with Crippen molar-refractivity contribution in [3.63, 3.8) is 0 Å². The number of carbonyl (C=O) groups excluding carboxylic acids is 2. The van der Waals surface area contributed by atoms with Gasteiger partial charge in [0.1, 0.15) is 12.1 Å². The van der Waals surface area contributed by atoms with Crippen LogP contribution in [0.4, 0.5) is 0 Å². The van der Waals surface area contributed by atoms with Crippen molar-refractivity contribution in [3.05, 3.63) is 18.0 Å². The molecule has 0 unspecified atom stereocenters. The minimum Gasteiger partial charge on any atom is -0.466 e. The minimum absolute atomic E-state index is 0.243. The van der Waals surface area contributed by atoms with Crippen molar-refractivity contribution in [2.45, 2.75) is 18.5 Å². The van der Waals surface area contributed by atoms with Crippen LogP contribution in [0.1, 0.15) is 23.8 Å². The monoisotopic (exact) mass is 240 g/mol. The highest BCUT2D eigenvalue weighted by Crippen LogP contribution is 2.09. The average Bonchev–Trinajstić information content (AvgIpc) is 2.29. The van der Waals surface area contributed by atoms with Gasteiger partial charge in [0, 0.05) is 6.20 Å². The van der Waals surface area contributed by atoms with Crippen LogP contribution in [0.25, 0.3) is 0 Å². The Kier molecular flexibility index (Phi) is 4.91. The Hall–Kier alpha value is -1.43. The van der Waals surface area contributed by atoms with E-state index in [2.05, 4.69) is 14.7 Å². The normalized spacial score (nSPS) is 9.88. The summed E-state index contributed by atoms with van der Waals surface area (Å²) in [6.45, 7) is 1.96. The summed E-state index contributed by atoms with van der Waals surface area (Å²) in [6.07, 6.45) is 3.03. The van der Waals surface area contributed by atoms with E-state index in [-0.39, 0.29) is 24.5 Å². The fourth-order valence-electron chi connectivity index (χ4n) is 1.03. The minimum atomic E-state index is -0.531. The van der Waals surface area contributed by atoms with Crippen LogP contribution in [0.3, 0.4) is 0 Å². The molecule has 1 rings (SSSR count). The predicted molar refractivity (Wildman–Crippen MR) is 59.4 cm³/mol. The van der Waals surface area contributed by atoms with E-state index in [0.717, 1.165) is 0 Å². The fraction of sp³-hybridized carbons (Fsp3) is 0.400. The molecule has 0 amide bonds.